The van der Waals surface area contributed by atoms with Crippen molar-refractivity contribution in [1.29, 1.82) is 0 Å². The molecule has 0 aliphatic carbocycles. The van der Waals surface area contributed by atoms with E-state index in [2.05, 4.69) is 15.8 Å². The Bertz CT molecular complexity index is 1080. The van der Waals surface area contributed by atoms with E-state index in [4.69, 9.17) is 11.6 Å². The van der Waals surface area contributed by atoms with Crippen molar-refractivity contribution in [1.82, 2.24) is 5.43 Å². The minimum absolute atomic E-state index is 0.0682. The molecule has 0 saturated carbocycles. The van der Waals surface area contributed by atoms with Crippen molar-refractivity contribution in [2.45, 2.75) is 6.92 Å². The molecule has 3 aromatic rings. The highest BCUT2D eigenvalue weighted by atomic mass is 35.5. The summed E-state index contributed by atoms with van der Waals surface area (Å²) in [5.41, 5.74) is 4.43. The molecule has 0 unspecified atom stereocenters. The van der Waals surface area contributed by atoms with Crippen molar-refractivity contribution in [2.24, 2.45) is 5.10 Å². The van der Waals surface area contributed by atoms with Crippen molar-refractivity contribution < 1.29 is 14.7 Å². The van der Waals surface area contributed by atoms with Crippen LogP contribution >= 0.6 is 11.6 Å². The molecule has 7 heteroatoms. The van der Waals surface area contributed by atoms with Gasteiger partial charge in [-0.25, -0.2) is 5.43 Å². The quantitative estimate of drug-likeness (QED) is 0.431. The molecule has 3 rings (SSSR count). The van der Waals surface area contributed by atoms with Crippen LogP contribution in [0.3, 0.4) is 0 Å². The maximum absolute atomic E-state index is 12.6. The lowest BCUT2D eigenvalue weighted by Gasteiger charge is -2.10. The van der Waals surface area contributed by atoms with E-state index in [1.807, 2.05) is 0 Å². The van der Waals surface area contributed by atoms with Gasteiger partial charge in [0.15, 0.2) is 0 Å². The number of carbonyl (C=O) groups is 2. The maximum Gasteiger partial charge on any atom is 0.273 e. The maximum atomic E-state index is 12.6. The summed E-state index contributed by atoms with van der Waals surface area (Å²) in [6.07, 6.45) is 0. The van der Waals surface area contributed by atoms with E-state index in [-0.39, 0.29) is 17.2 Å². The first-order valence-electron chi connectivity index (χ1n) is 8.74. The molecular weight excluding hydrogens is 390 g/mol. The van der Waals surface area contributed by atoms with Crippen LogP contribution in [0.5, 0.6) is 5.75 Å². The number of hydrazone groups is 1. The second-order valence-corrected chi connectivity index (χ2v) is 6.60. The second-order valence-electron chi connectivity index (χ2n) is 6.16. The lowest BCUT2D eigenvalue weighted by molar-refractivity contribution is 0.0955. The Hall–Kier alpha value is -3.64. The number of nitrogens with one attached hydrogen (secondary N) is 2. The number of benzene rings is 3. The van der Waals surface area contributed by atoms with Gasteiger partial charge in [-0.1, -0.05) is 35.9 Å². The van der Waals surface area contributed by atoms with E-state index in [1.54, 1.807) is 73.7 Å². The van der Waals surface area contributed by atoms with E-state index in [1.165, 1.54) is 6.07 Å². The van der Waals surface area contributed by atoms with Gasteiger partial charge in [0.1, 0.15) is 5.75 Å². The topological polar surface area (TPSA) is 90.8 Å². The van der Waals surface area contributed by atoms with Gasteiger partial charge in [0, 0.05) is 16.1 Å². The van der Waals surface area contributed by atoms with Gasteiger partial charge in [0.25, 0.3) is 11.8 Å². The van der Waals surface area contributed by atoms with Crippen molar-refractivity contribution in [3.8, 4) is 5.75 Å². The molecule has 3 N–H and O–H groups in total. The number of hydrogen-bond donors (Lipinski definition) is 3. The number of phenols is 1. The van der Waals surface area contributed by atoms with Gasteiger partial charge in [0.2, 0.25) is 0 Å². The summed E-state index contributed by atoms with van der Waals surface area (Å²) in [6, 6.07) is 19.7. The fourth-order valence-electron chi connectivity index (χ4n) is 2.62. The molecule has 0 spiro atoms. The van der Waals surface area contributed by atoms with Crippen molar-refractivity contribution >= 4 is 34.8 Å². The zero-order chi connectivity index (χ0) is 20.8. The van der Waals surface area contributed by atoms with Gasteiger partial charge in [0.05, 0.1) is 17.0 Å². The number of hydrogen-bond acceptors (Lipinski definition) is 4. The predicted molar refractivity (Wildman–Crippen MR) is 114 cm³/mol. The summed E-state index contributed by atoms with van der Waals surface area (Å²) in [4.78, 5) is 25.0. The van der Waals surface area contributed by atoms with Gasteiger partial charge in [-0.2, -0.15) is 5.10 Å². The van der Waals surface area contributed by atoms with Crippen LogP contribution in [0.1, 0.15) is 33.2 Å². The second kappa shape index (κ2) is 9.03. The number of rotatable bonds is 5. The molecule has 0 aliphatic rings. The predicted octanol–water partition coefficient (Wildman–Crippen LogP) is 4.45. The van der Waals surface area contributed by atoms with Crippen LogP contribution in [-0.2, 0) is 0 Å². The fourth-order valence-corrected chi connectivity index (χ4v) is 2.75. The molecule has 0 aliphatic heterocycles. The molecule has 3 aromatic carbocycles. The summed E-state index contributed by atoms with van der Waals surface area (Å²) in [5, 5.41) is 17.2. The third kappa shape index (κ3) is 5.00. The molecule has 146 valence electrons. The largest absolute Gasteiger partial charge is 0.507 e. The van der Waals surface area contributed by atoms with Gasteiger partial charge in [-0.15, -0.1) is 0 Å². The van der Waals surface area contributed by atoms with Crippen LogP contribution in [0.4, 0.5) is 5.69 Å². The molecule has 0 heterocycles. The number of anilines is 1. The van der Waals surface area contributed by atoms with E-state index in [0.29, 0.717) is 27.5 Å². The summed E-state index contributed by atoms with van der Waals surface area (Å²) in [7, 11) is 0. The molecule has 0 fully saturated rings. The van der Waals surface area contributed by atoms with Crippen LogP contribution in [0.25, 0.3) is 0 Å². The normalized spacial score (nSPS) is 11.0. The Balaban J connectivity index is 1.76. The molecule has 29 heavy (non-hydrogen) atoms. The van der Waals surface area contributed by atoms with Gasteiger partial charge in [-0.05, 0) is 55.5 Å². The van der Waals surface area contributed by atoms with Gasteiger partial charge in [-0.3, -0.25) is 9.59 Å². The minimum Gasteiger partial charge on any atom is -0.507 e. The molecule has 2 amide bonds. The lowest BCUT2D eigenvalue weighted by Crippen LogP contribution is -2.22. The van der Waals surface area contributed by atoms with Gasteiger partial charge >= 0.3 is 0 Å². The average molecular weight is 408 g/mol. The zero-order valence-corrected chi connectivity index (χ0v) is 16.3. The molecule has 0 bridgehead atoms. The Morgan fingerprint density at radius 2 is 1.48 bits per heavy atom. The van der Waals surface area contributed by atoms with E-state index >= 15 is 0 Å². The van der Waals surface area contributed by atoms with Crippen LogP contribution in [0, 0.1) is 0 Å². The fraction of sp³-hybridized carbons (Fsp3) is 0.0455. The summed E-state index contributed by atoms with van der Waals surface area (Å²) in [5.74, 6) is -0.791. The van der Waals surface area contributed by atoms with Crippen molar-refractivity contribution in [3.63, 3.8) is 0 Å². The molecule has 0 aromatic heterocycles. The van der Waals surface area contributed by atoms with Crippen molar-refractivity contribution in [2.75, 3.05) is 5.32 Å². The Labute approximate surface area is 172 Å². The van der Waals surface area contributed by atoms with Gasteiger partial charge < -0.3 is 10.4 Å². The smallest absolute Gasteiger partial charge is 0.273 e. The number of para-hydroxylation sites is 2. The van der Waals surface area contributed by atoms with E-state index < -0.39 is 5.91 Å². The Morgan fingerprint density at radius 3 is 2.17 bits per heavy atom. The van der Waals surface area contributed by atoms with Crippen molar-refractivity contribution in [3.05, 3.63) is 94.5 Å². The Kier molecular flexibility index (Phi) is 6.26. The summed E-state index contributed by atoms with van der Waals surface area (Å²) >= 11 is 5.84. The number of amides is 2. The van der Waals surface area contributed by atoms with Crippen LogP contribution in [-0.4, -0.2) is 22.6 Å². The van der Waals surface area contributed by atoms with E-state index in [9.17, 15) is 14.7 Å². The molecule has 0 atom stereocenters. The summed E-state index contributed by atoms with van der Waals surface area (Å²) in [6.45, 7) is 1.67. The Morgan fingerprint density at radius 1 is 0.862 bits per heavy atom. The van der Waals surface area contributed by atoms with Crippen LogP contribution < -0.4 is 10.7 Å². The van der Waals surface area contributed by atoms with E-state index in [0.717, 1.165) is 0 Å². The third-order valence-electron chi connectivity index (χ3n) is 4.15. The number of phenolic OH excluding ortho intramolecular Hbond substituents is 1. The number of halogens is 1. The lowest BCUT2D eigenvalue weighted by atomic mass is 10.1. The number of carbonyl (C=O) groups excluding carboxylic acids is 2. The first kappa shape index (κ1) is 20.1. The first-order valence-corrected chi connectivity index (χ1v) is 9.12. The number of nitrogens with zero attached hydrogens (tertiary/aromatic N) is 1. The third-order valence-corrected chi connectivity index (χ3v) is 4.40. The average Bonchev–Trinajstić information content (AvgIpc) is 2.73. The summed E-state index contributed by atoms with van der Waals surface area (Å²) < 4.78 is 0. The SMILES string of the molecule is C/C(=N/NC(=O)c1ccccc1NC(=O)c1ccc(Cl)cc1)c1ccccc1O. The molecule has 0 saturated heterocycles. The highest BCUT2D eigenvalue weighted by molar-refractivity contribution is 6.30. The highest BCUT2D eigenvalue weighted by Crippen LogP contribution is 2.18. The molecule has 0 radical (unpaired) electrons. The molecule has 6 nitrogen and oxygen atoms in total. The standard InChI is InChI=1S/C22H18ClN3O3/c1-14(17-6-3-5-9-20(17)27)25-26-22(29)18-7-2-4-8-19(18)24-21(28)15-10-12-16(23)13-11-15/h2-13,27H,1H3,(H,24,28)(H,26,29)/b25-14-. The zero-order valence-electron chi connectivity index (χ0n) is 15.5. The minimum atomic E-state index is -0.494. The highest BCUT2D eigenvalue weighted by Gasteiger charge is 2.14. The van der Waals surface area contributed by atoms with Crippen LogP contribution in [0.2, 0.25) is 5.02 Å². The molecular formula is C22H18ClN3O3. The monoisotopic (exact) mass is 407 g/mol. The first-order chi connectivity index (χ1) is 14.0. The van der Waals surface area contributed by atoms with Crippen LogP contribution in [0.15, 0.2) is 77.9 Å². The number of aromatic hydroxyl groups is 1.